The van der Waals surface area contributed by atoms with Crippen molar-refractivity contribution in [3.05, 3.63) is 34.7 Å². The Bertz CT molecular complexity index is 748. The first kappa shape index (κ1) is 18.5. The summed E-state index contributed by atoms with van der Waals surface area (Å²) in [5.41, 5.74) is 0.0137. The van der Waals surface area contributed by atoms with Crippen molar-refractivity contribution in [1.29, 1.82) is 0 Å². The maximum atomic E-state index is 12.5. The number of nitrogens with one attached hydrogen (secondary N) is 2. The lowest BCUT2D eigenvalue weighted by atomic mass is 10.3. The molecule has 6 nitrogen and oxygen atoms in total. The van der Waals surface area contributed by atoms with Gasteiger partial charge in [0.05, 0.1) is 11.4 Å². The first-order valence-electron chi connectivity index (χ1n) is 7.13. The largest absolute Gasteiger partial charge is 0.343 e. The van der Waals surface area contributed by atoms with Crippen LogP contribution in [0.5, 0.6) is 0 Å². The van der Waals surface area contributed by atoms with Gasteiger partial charge in [-0.3, -0.25) is 9.36 Å². The molecule has 24 heavy (non-hydrogen) atoms. The van der Waals surface area contributed by atoms with Gasteiger partial charge < -0.3 is 5.32 Å². The maximum absolute atomic E-state index is 12.5. The van der Waals surface area contributed by atoms with Crippen molar-refractivity contribution in [3.63, 3.8) is 0 Å². The summed E-state index contributed by atoms with van der Waals surface area (Å²) in [4.78, 5) is 23.9. The van der Waals surface area contributed by atoms with Crippen LogP contribution in [0.15, 0.2) is 39.1 Å². The fraction of sp³-hybridized carbons (Fsp3) is 0.357. The van der Waals surface area contributed by atoms with Crippen LogP contribution in [-0.2, 0) is 11.3 Å². The van der Waals surface area contributed by atoms with E-state index < -0.39 is 5.76 Å². The smallest absolute Gasteiger partial charge is 0.324 e. The van der Waals surface area contributed by atoms with Crippen LogP contribution >= 0.6 is 23.5 Å². The summed E-state index contributed by atoms with van der Waals surface area (Å²) in [6.07, 6.45) is 0.761. The highest BCUT2D eigenvalue weighted by molar-refractivity contribution is 8.00. The average molecular weight is 374 g/mol. The molecule has 0 unspecified atom stereocenters. The number of carbonyl (C=O) groups excluding carboxylic acids is 1. The van der Waals surface area contributed by atoms with E-state index in [1.807, 2.05) is 6.92 Å². The molecular formula is C14H16F2N4O2S2. The highest BCUT2D eigenvalue weighted by atomic mass is 32.2. The molecule has 0 saturated carbocycles. The molecule has 1 amide bonds. The number of thioether (sulfide) groups is 2. The second-order valence-corrected chi connectivity index (χ2v) is 6.65. The topological polar surface area (TPSA) is 79.8 Å². The van der Waals surface area contributed by atoms with E-state index in [0.717, 1.165) is 18.2 Å². The Morgan fingerprint density at radius 1 is 1.42 bits per heavy atom. The number of nitrogens with zero attached hydrogens (tertiary/aromatic N) is 2. The molecular weight excluding hydrogens is 358 g/mol. The van der Waals surface area contributed by atoms with Crippen molar-refractivity contribution >= 4 is 35.1 Å². The lowest BCUT2D eigenvalue weighted by Gasteiger charge is -2.10. The van der Waals surface area contributed by atoms with Crippen LogP contribution in [0.25, 0.3) is 0 Å². The SMILES string of the molecule is CCCn1c(SCC(=O)Nc2ccccc2SC(F)F)n[nH]c1=O. The average Bonchev–Trinajstić information content (AvgIpc) is 2.88. The van der Waals surface area contributed by atoms with E-state index >= 15 is 0 Å². The number of benzene rings is 1. The number of amides is 1. The minimum Gasteiger partial charge on any atom is -0.324 e. The molecule has 130 valence electrons. The van der Waals surface area contributed by atoms with Gasteiger partial charge in [-0.15, -0.1) is 5.10 Å². The summed E-state index contributed by atoms with van der Waals surface area (Å²) in [5, 5.41) is 9.25. The fourth-order valence-electron chi connectivity index (χ4n) is 1.92. The molecule has 10 heteroatoms. The number of halogens is 2. The second kappa shape index (κ2) is 8.88. The van der Waals surface area contributed by atoms with Crippen LogP contribution in [0.1, 0.15) is 13.3 Å². The van der Waals surface area contributed by atoms with Gasteiger partial charge in [-0.05, 0) is 18.6 Å². The Morgan fingerprint density at radius 3 is 2.88 bits per heavy atom. The summed E-state index contributed by atoms with van der Waals surface area (Å²) in [5.74, 6) is -2.91. The van der Waals surface area contributed by atoms with Crippen LogP contribution in [0.3, 0.4) is 0 Å². The van der Waals surface area contributed by atoms with Gasteiger partial charge in [-0.25, -0.2) is 9.89 Å². The zero-order valence-electron chi connectivity index (χ0n) is 12.8. The summed E-state index contributed by atoms with van der Waals surface area (Å²) >= 11 is 1.48. The number of carbonyl (C=O) groups is 1. The summed E-state index contributed by atoms with van der Waals surface area (Å²) in [6.45, 7) is 2.44. The minimum absolute atomic E-state index is 0.0156. The number of alkyl halides is 2. The molecule has 2 aromatic rings. The van der Waals surface area contributed by atoms with Gasteiger partial charge >= 0.3 is 5.69 Å². The zero-order chi connectivity index (χ0) is 17.5. The molecule has 0 aliphatic rings. The predicted octanol–water partition coefficient (Wildman–Crippen LogP) is 3.03. The molecule has 1 aromatic heterocycles. The number of hydrogen-bond acceptors (Lipinski definition) is 5. The Hall–Kier alpha value is -1.81. The fourth-order valence-corrected chi connectivity index (χ4v) is 3.29. The van der Waals surface area contributed by atoms with Gasteiger partial charge in [0.15, 0.2) is 5.16 Å². The molecule has 0 fully saturated rings. The van der Waals surface area contributed by atoms with E-state index in [1.165, 1.54) is 10.6 Å². The normalized spacial score (nSPS) is 11.0. The number of rotatable bonds is 8. The van der Waals surface area contributed by atoms with Crippen LogP contribution in [-0.4, -0.2) is 32.2 Å². The van der Waals surface area contributed by atoms with Crippen molar-refractivity contribution < 1.29 is 13.6 Å². The van der Waals surface area contributed by atoms with Crippen molar-refractivity contribution in [2.45, 2.75) is 35.7 Å². The Morgan fingerprint density at radius 2 is 2.17 bits per heavy atom. The molecule has 0 spiro atoms. The lowest BCUT2D eigenvalue weighted by Crippen LogP contribution is -2.18. The monoisotopic (exact) mass is 374 g/mol. The third-order valence-electron chi connectivity index (χ3n) is 2.88. The van der Waals surface area contributed by atoms with Gasteiger partial charge in [-0.2, -0.15) is 8.78 Å². The first-order chi connectivity index (χ1) is 11.5. The van der Waals surface area contributed by atoms with Crippen LogP contribution in [0.4, 0.5) is 14.5 Å². The highest BCUT2D eigenvalue weighted by Gasteiger charge is 2.14. The second-order valence-electron chi connectivity index (χ2n) is 4.67. The molecule has 1 aromatic carbocycles. The quantitative estimate of drug-likeness (QED) is 0.695. The van der Waals surface area contributed by atoms with E-state index in [0.29, 0.717) is 34.0 Å². The molecule has 0 aliphatic heterocycles. The van der Waals surface area contributed by atoms with Crippen molar-refractivity contribution in [1.82, 2.24) is 14.8 Å². The minimum atomic E-state index is -2.56. The van der Waals surface area contributed by atoms with Gasteiger partial charge in [0.25, 0.3) is 5.76 Å². The molecule has 2 rings (SSSR count). The maximum Gasteiger partial charge on any atom is 0.343 e. The van der Waals surface area contributed by atoms with E-state index in [4.69, 9.17) is 0 Å². The summed E-state index contributed by atoms with van der Waals surface area (Å²) in [7, 11) is 0. The number of hydrogen-bond donors (Lipinski definition) is 2. The van der Waals surface area contributed by atoms with E-state index in [1.54, 1.807) is 18.2 Å². The lowest BCUT2D eigenvalue weighted by molar-refractivity contribution is -0.113. The molecule has 2 N–H and O–H groups in total. The van der Waals surface area contributed by atoms with Gasteiger partial charge in [-0.1, -0.05) is 42.6 Å². The van der Waals surface area contributed by atoms with Crippen molar-refractivity contribution in [2.75, 3.05) is 11.1 Å². The summed E-state index contributed by atoms with van der Waals surface area (Å²) < 4.78 is 26.5. The predicted molar refractivity (Wildman–Crippen MR) is 90.8 cm³/mol. The Balaban J connectivity index is 1.98. The van der Waals surface area contributed by atoms with Gasteiger partial charge in [0.2, 0.25) is 5.91 Å². The highest BCUT2D eigenvalue weighted by Crippen LogP contribution is 2.31. The standard InChI is InChI=1S/C14H16F2N4O2S2/c1-2-7-20-13(22)18-19-14(20)23-8-11(21)17-9-5-3-4-6-10(9)24-12(15)16/h3-6,12H,2,7-8H2,1H3,(H,17,21)(H,18,22). The van der Waals surface area contributed by atoms with Crippen molar-refractivity contribution in [3.8, 4) is 0 Å². The molecule has 0 aliphatic carbocycles. The van der Waals surface area contributed by atoms with E-state index in [2.05, 4.69) is 15.5 Å². The number of aromatic amines is 1. The molecule has 0 atom stereocenters. The molecule has 0 radical (unpaired) electrons. The third kappa shape index (κ3) is 5.10. The Kier molecular flexibility index (Phi) is 6.85. The third-order valence-corrected chi connectivity index (χ3v) is 4.64. The van der Waals surface area contributed by atoms with E-state index in [9.17, 15) is 18.4 Å². The summed E-state index contributed by atoms with van der Waals surface area (Å²) in [6, 6.07) is 6.37. The van der Waals surface area contributed by atoms with Crippen LogP contribution in [0, 0.1) is 0 Å². The van der Waals surface area contributed by atoms with Crippen LogP contribution < -0.4 is 11.0 Å². The van der Waals surface area contributed by atoms with Crippen LogP contribution in [0.2, 0.25) is 0 Å². The molecule has 0 saturated heterocycles. The van der Waals surface area contributed by atoms with Gasteiger partial charge in [0.1, 0.15) is 0 Å². The number of H-pyrrole nitrogens is 1. The zero-order valence-corrected chi connectivity index (χ0v) is 14.4. The molecule has 1 heterocycles. The van der Waals surface area contributed by atoms with Crippen molar-refractivity contribution in [2.24, 2.45) is 0 Å². The Labute approximate surface area is 145 Å². The first-order valence-corrected chi connectivity index (χ1v) is 8.99. The number of anilines is 1. The number of para-hydroxylation sites is 1. The number of aromatic nitrogens is 3. The van der Waals surface area contributed by atoms with Gasteiger partial charge in [0, 0.05) is 11.4 Å². The molecule has 0 bridgehead atoms. The van der Waals surface area contributed by atoms with E-state index in [-0.39, 0.29) is 17.3 Å².